The Labute approximate surface area is 131 Å². The Kier molecular flexibility index (Phi) is 4.74. The molecule has 1 aromatic rings. The third-order valence-corrected chi connectivity index (χ3v) is 4.09. The summed E-state index contributed by atoms with van der Waals surface area (Å²) in [7, 11) is 1.74. The first-order valence-electron chi connectivity index (χ1n) is 6.02. The van der Waals surface area contributed by atoms with Gasteiger partial charge in [-0.15, -0.1) is 6.42 Å². The molecule has 0 aliphatic carbocycles. The number of ether oxygens (including phenoxy) is 1. The van der Waals surface area contributed by atoms with E-state index in [1.165, 1.54) is 0 Å². The minimum atomic E-state index is -0.173. The van der Waals surface area contributed by atoms with Crippen LogP contribution in [0.3, 0.4) is 0 Å². The number of hydrogen-bond donors (Lipinski definition) is 0. The zero-order valence-corrected chi connectivity index (χ0v) is 13.2. The van der Waals surface area contributed by atoms with Crippen molar-refractivity contribution in [3.8, 4) is 18.1 Å². The van der Waals surface area contributed by atoms with Crippen molar-refractivity contribution in [2.45, 2.75) is 11.2 Å². The van der Waals surface area contributed by atoms with Gasteiger partial charge >= 0.3 is 0 Å². The lowest BCUT2D eigenvalue weighted by Gasteiger charge is -2.28. The van der Waals surface area contributed by atoms with Crippen LogP contribution in [0, 0.1) is 12.3 Å². The predicted molar refractivity (Wildman–Crippen MR) is 83.9 cm³/mol. The first-order valence-corrected chi connectivity index (χ1v) is 7.32. The molecular formula is C15H13BrClNO2. The zero-order valence-electron chi connectivity index (χ0n) is 10.9. The van der Waals surface area contributed by atoms with Gasteiger partial charge in [0.25, 0.3) is 0 Å². The van der Waals surface area contributed by atoms with Crippen LogP contribution in [0.25, 0.3) is 5.70 Å². The zero-order chi connectivity index (χ0) is 14.7. The summed E-state index contributed by atoms with van der Waals surface area (Å²) in [4.78, 5) is 13.4. The number of nitrogens with zero attached hydrogens (tertiary/aromatic N) is 1. The molecule has 1 aromatic carbocycles. The Morgan fingerprint density at radius 3 is 3.00 bits per heavy atom. The van der Waals surface area contributed by atoms with E-state index in [1.807, 2.05) is 12.1 Å². The van der Waals surface area contributed by atoms with Crippen molar-refractivity contribution >= 4 is 39.1 Å². The molecule has 0 saturated carbocycles. The Hall–Kier alpha value is -1.44. The van der Waals surface area contributed by atoms with Crippen molar-refractivity contribution in [1.29, 1.82) is 0 Å². The van der Waals surface area contributed by atoms with E-state index in [2.05, 4.69) is 21.9 Å². The standard InChI is InChI=1S/C15H13BrClNO2/c1-3-8-20-10-4-5-11(13(17)9-10)14-7-6-12(16)15(19)18(14)2/h1,4-5,7,9,12H,6,8H2,2H3. The predicted octanol–water partition coefficient (Wildman–Crippen LogP) is 3.32. The number of carbonyl (C=O) groups excluding carboxylic acids is 1. The van der Waals surface area contributed by atoms with E-state index in [1.54, 1.807) is 24.1 Å². The Bertz CT molecular complexity index is 606. The molecule has 2 rings (SSSR count). The van der Waals surface area contributed by atoms with Gasteiger partial charge in [0.05, 0.1) is 9.85 Å². The van der Waals surface area contributed by atoms with Gasteiger partial charge in [0.15, 0.2) is 0 Å². The fraction of sp³-hybridized carbons (Fsp3) is 0.267. The first-order chi connectivity index (χ1) is 9.54. The van der Waals surface area contributed by atoms with Crippen LogP contribution in [-0.4, -0.2) is 29.3 Å². The van der Waals surface area contributed by atoms with Crippen LogP contribution < -0.4 is 4.74 Å². The van der Waals surface area contributed by atoms with E-state index >= 15 is 0 Å². The maximum Gasteiger partial charge on any atom is 0.240 e. The molecule has 0 spiro atoms. The number of carbonyl (C=O) groups is 1. The molecule has 3 nitrogen and oxygen atoms in total. The van der Waals surface area contributed by atoms with E-state index in [0.717, 1.165) is 11.3 Å². The van der Waals surface area contributed by atoms with Gasteiger partial charge in [0, 0.05) is 18.3 Å². The van der Waals surface area contributed by atoms with Crippen molar-refractivity contribution in [3.05, 3.63) is 34.9 Å². The topological polar surface area (TPSA) is 29.5 Å². The quantitative estimate of drug-likeness (QED) is 0.615. The minimum Gasteiger partial charge on any atom is -0.481 e. The summed E-state index contributed by atoms with van der Waals surface area (Å²) in [5, 5.41) is 0.526. The smallest absolute Gasteiger partial charge is 0.240 e. The molecule has 0 aromatic heterocycles. The van der Waals surface area contributed by atoms with E-state index in [0.29, 0.717) is 17.2 Å². The molecular weight excluding hydrogens is 342 g/mol. The molecule has 0 saturated heterocycles. The number of rotatable bonds is 3. The summed E-state index contributed by atoms with van der Waals surface area (Å²) < 4.78 is 5.32. The molecule has 1 amide bonds. The van der Waals surface area contributed by atoms with Gasteiger partial charge < -0.3 is 9.64 Å². The van der Waals surface area contributed by atoms with Gasteiger partial charge in [-0.3, -0.25) is 4.79 Å². The normalized spacial score (nSPS) is 18.5. The van der Waals surface area contributed by atoms with Crippen molar-refractivity contribution in [3.63, 3.8) is 0 Å². The third-order valence-electron chi connectivity index (χ3n) is 3.02. The van der Waals surface area contributed by atoms with E-state index in [-0.39, 0.29) is 17.3 Å². The van der Waals surface area contributed by atoms with E-state index in [9.17, 15) is 4.79 Å². The highest BCUT2D eigenvalue weighted by Crippen LogP contribution is 2.33. The molecule has 5 heteroatoms. The van der Waals surface area contributed by atoms with Crippen molar-refractivity contribution in [2.75, 3.05) is 13.7 Å². The maximum absolute atomic E-state index is 12.0. The van der Waals surface area contributed by atoms with Crippen LogP contribution in [0.2, 0.25) is 5.02 Å². The van der Waals surface area contributed by atoms with Crippen molar-refractivity contribution in [1.82, 2.24) is 4.90 Å². The molecule has 1 unspecified atom stereocenters. The van der Waals surface area contributed by atoms with Gasteiger partial charge in [-0.05, 0) is 24.6 Å². The Morgan fingerprint density at radius 2 is 2.35 bits per heavy atom. The third kappa shape index (κ3) is 3.00. The number of benzene rings is 1. The molecule has 1 heterocycles. The summed E-state index contributed by atoms with van der Waals surface area (Å²) in [6, 6.07) is 5.32. The number of terminal acetylenes is 1. The average Bonchev–Trinajstić information content (AvgIpc) is 2.44. The molecule has 1 aliphatic rings. The molecule has 104 valence electrons. The van der Waals surface area contributed by atoms with Gasteiger partial charge in [-0.1, -0.05) is 39.5 Å². The van der Waals surface area contributed by atoms with Gasteiger partial charge in [-0.2, -0.15) is 0 Å². The highest BCUT2D eigenvalue weighted by molar-refractivity contribution is 9.10. The molecule has 1 atom stereocenters. The number of hydrogen-bond acceptors (Lipinski definition) is 2. The number of allylic oxidation sites excluding steroid dienone is 1. The van der Waals surface area contributed by atoms with Crippen LogP contribution in [0.5, 0.6) is 5.75 Å². The lowest BCUT2D eigenvalue weighted by molar-refractivity contribution is -0.126. The summed E-state index contributed by atoms with van der Waals surface area (Å²) >= 11 is 9.61. The Balaban J connectivity index is 2.30. The summed E-state index contributed by atoms with van der Waals surface area (Å²) in [6.07, 6.45) is 7.78. The highest BCUT2D eigenvalue weighted by Gasteiger charge is 2.27. The van der Waals surface area contributed by atoms with Gasteiger partial charge in [0.2, 0.25) is 5.91 Å². The summed E-state index contributed by atoms with van der Waals surface area (Å²) in [5.41, 5.74) is 1.61. The molecule has 1 aliphatic heterocycles. The molecule has 0 radical (unpaired) electrons. The van der Waals surface area contributed by atoms with Crippen LogP contribution in [0.4, 0.5) is 0 Å². The fourth-order valence-electron chi connectivity index (χ4n) is 1.99. The van der Waals surface area contributed by atoms with E-state index in [4.69, 9.17) is 22.8 Å². The molecule has 20 heavy (non-hydrogen) atoms. The average molecular weight is 355 g/mol. The second-order valence-electron chi connectivity index (χ2n) is 4.32. The molecule has 0 N–H and O–H groups in total. The van der Waals surface area contributed by atoms with Crippen LogP contribution >= 0.6 is 27.5 Å². The van der Waals surface area contributed by atoms with E-state index < -0.39 is 0 Å². The van der Waals surface area contributed by atoms with Crippen LogP contribution in [-0.2, 0) is 4.79 Å². The second kappa shape index (κ2) is 6.34. The SMILES string of the molecule is C#CCOc1ccc(C2=CCC(Br)C(=O)N2C)c(Cl)c1. The highest BCUT2D eigenvalue weighted by atomic mass is 79.9. The van der Waals surface area contributed by atoms with Crippen molar-refractivity contribution < 1.29 is 9.53 Å². The van der Waals surface area contributed by atoms with Crippen LogP contribution in [0.15, 0.2) is 24.3 Å². The first kappa shape index (κ1) is 15.0. The minimum absolute atomic E-state index is 0.0197. The Morgan fingerprint density at radius 1 is 1.60 bits per heavy atom. The fourth-order valence-corrected chi connectivity index (χ4v) is 2.75. The van der Waals surface area contributed by atoms with Crippen LogP contribution in [0.1, 0.15) is 12.0 Å². The van der Waals surface area contributed by atoms with Crippen molar-refractivity contribution in [2.24, 2.45) is 0 Å². The summed E-state index contributed by atoms with van der Waals surface area (Å²) in [5.74, 6) is 3.03. The monoisotopic (exact) mass is 353 g/mol. The lowest BCUT2D eigenvalue weighted by atomic mass is 10.0. The summed E-state index contributed by atoms with van der Waals surface area (Å²) in [6.45, 7) is 0.196. The number of halogens is 2. The second-order valence-corrected chi connectivity index (χ2v) is 5.84. The number of alkyl halides is 1. The van der Waals surface area contributed by atoms with Gasteiger partial charge in [0.1, 0.15) is 12.4 Å². The maximum atomic E-state index is 12.0. The molecule has 0 bridgehead atoms. The number of amides is 1. The van der Waals surface area contributed by atoms with Gasteiger partial charge in [-0.25, -0.2) is 0 Å². The largest absolute Gasteiger partial charge is 0.481 e. The molecule has 0 fully saturated rings. The lowest BCUT2D eigenvalue weighted by Crippen LogP contribution is -2.35.